The fourth-order valence-electron chi connectivity index (χ4n) is 2.89. The van der Waals surface area contributed by atoms with Gasteiger partial charge in [0.15, 0.2) is 0 Å². The minimum absolute atomic E-state index is 0.255. The zero-order valence-corrected chi connectivity index (χ0v) is 14.6. The molecule has 0 radical (unpaired) electrons. The zero-order valence-electron chi connectivity index (χ0n) is 14.6. The predicted octanol–water partition coefficient (Wildman–Crippen LogP) is 2.73. The van der Waals surface area contributed by atoms with E-state index in [9.17, 15) is 4.79 Å². The number of nitrogens with zero attached hydrogens (tertiary/aromatic N) is 4. The Morgan fingerprint density at radius 2 is 1.85 bits per heavy atom. The second-order valence-electron chi connectivity index (χ2n) is 6.20. The molecule has 7 heteroatoms. The molecule has 0 saturated carbocycles. The number of rotatable bonds is 4. The topological polar surface area (TPSA) is 88.4 Å². The molecule has 1 fully saturated rings. The van der Waals surface area contributed by atoms with Crippen LogP contribution < -0.4 is 4.90 Å². The van der Waals surface area contributed by atoms with Crippen molar-refractivity contribution in [2.45, 2.75) is 0 Å². The first-order chi connectivity index (χ1) is 13.2. The lowest BCUT2D eigenvalue weighted by Gasteiger charge is -2.26. The number of carboxylic acid groups (broad SMARTS) is 1. The number of carbonyl (C=O) groups is 1. The highest BCUT2D eigenvalue weighted by Gasteiger charge is 2.13. The smallest absolute Gasteiger partial charge is 0.335 e. The van der Waals surface area contributed by atoms with E-state index >= 15 is 0 Å². The van der Waals surface area contributed by atoms with Crippen molar-refractivity contribution in [1.82, 2.24) is 15.0 Å². The fourth-order valence-corrected chi connectivity index (χ4v) is 2.89. The zero-order chi connectivity index (χ0) is 18.6. The molecule has 1 saturated heterocycles. The minimum atomic E-state index is -0.943. The molecule has 1 aromatic carbocycles. The number of aromatic carboxylic acids is 1. The van der Waals surface area contributed by atoms with Crippen LogP contribution in [-0.2, 0) is 4.74 Å². The maximum Gasteiger partial charge on any atom is 0.335 e. The van der Waals surface area contributed by atoms with Crippen LogP contribution in [0.3, 0.4) is 0 Å². The molecule has 0 aliphatic carbocycles. The molecule has 1 aliphatic heterocycles. The van der Waals surface area contributed by atoms with Crippen LogP contribution in [0, 0.1) is 0 Å². The van der Waals surface area contributed by atoms with Crippen molar-refractivity contribution in [3.63, 3.8) is 0 Å². The number of ether oxygens (including phenoxy) is 1. The molecule has 7 nitrogen and oxygen atoms in total. The van der Waals surface area contributed by atoms with Crippen molar-refractivity contribution in [2.75, 3.05) is 31.2 Å². The normalized spacial score (nSPS) is 14.7. The Morgan fingerprint density at radius 1 is 1.07 bits per heavy atom. The molecule has 4 rings (SSSR count). The standard InChI is InChI=1S/C20H18N4O3/c25-19(26)16-3-6-18-15(11-16)2-5-17(23-18)4-1-14-12-21-20(22-13-14)24-7-9-27-10-8-24/h1-6,11-13H,7-10H2,(H,25,26)/b4-1+. The lowest BCUT2D eigenvalue weighted by molar-refractivity contribution is 0.0697. The highest BCUT2D eigenvalue weighted by atomic mass is 16.5. The summed E-state index contributed by atoms with van der Waals surface area (Å²) in [6, 6.07) is 8.62. The molecular weight excluding hydrogens is 344 g/mol. The van der Waals surface area contributed by atoms with Crippen LogP contribution in [0.5, 0.6) is 0 Å². The lowest BCUT2D eigenvalue weighted by atomic mass is 10.1. The molecule has 2 aromatic heterocycles. The highest BCUT2D eigenvalue weighted by molar-refractivity contribution is 5.93. The third-order valence-corrected chi connectivity index (χ3v) is 4.36. The second-order valence-corrected chi connectivity index (χ2v) is 6.20. The average molecular weight is 362 g/mol. The van der Waals surface area contributed by atoms with E-state index in [1.807, 2.05) is 24.3 Å². The van der Waals surface area contributed by atoms with Crippen molar-refractivity contribution < 1.29 is 14.6 Å². The van der Waals surface area contributed by atoms with E-state index in [0.717, 1.165) is 35.2 Å². The largest absolute Gasteiger partial charge is 0.478 e. The molecule has 27 heavy (non-hydrogen) atoms. The van der Waals surface area contributed by atoms with Gasteiger partial charge < -0.3 is 14.7 Å². The van der Waals surface area contributed by atoms with E-state index in [-0.39, 0.29) is 5.56 Å². The van der Waals surface area contributed by atoms with E-state index in [1.165, 1.54) is 0 Å². The van der Waals surface area contributed by atoms with Crippen LogP contribution in [-0.4, -0.2) is 52.3 Å². The molecule has 3 heterocycles. The summed E-state index contributed by atoms with van der Waals surface area (Å²) in [5.74, 6) is -0.227. The second kappa shape index (κ2) is 7.51. The molecule has 0 atom stereocenters. The molecule has 3 aromatic rings. The van der Waals surface area contributed by atoms with Gasteiger partial charge in [-0.05, 0) is 36.4 Å². The Balaban J connectivity index is 1.50. The highest BCUT2D eigenvalue weighted by Crippen LogP contribution is 2.17. The number of anilines is 1. The number of aromatic nitrogens is 3. The summed E-state index contributed by atoms with van der Waals surface area (Å²) < 4.78 is 5.34. The molecule has 0 bridgehead atoms. The maximum absolute atomic E-state index is 11.0. The van der Waals surface area contributed by atoms with Gasteiger partial charge in [0.1, 0.15) is 0 Å². The number of pyridine rings is 1. The molecule has 1 aliphatic rings. The third-order valence-electron chi connectivity index (χ3n) is 4.36. The van der Waals surface area contributed by atoms with Gasteiger partial charge in [-0.2, -0.15) is 0 Å². The van der Waals surface area contributed by atoms with Crippen LogP contribution >= 0.6 is 0 Å². The number of hydrogen-bond donors (Lipinski definition) is 1. The minimum Gasteiger partial charge on any atom is -0.478 e. The van der Waals surface area contributed by atoms with Gasteiger partial charge >= 0.3 is 5.97 Å². The summed E-state index contributed by atoms with van der Waals surface area (Å²) in [5.41, 5.74) is 2.67. The van der Waals surface area contributed by atoms with Crippen molar-refractivity contribution in [2.24, 2.45) is 0 Å². The Kier molecular flexibility index (Phi) is 4.76. The molecule has 0 unspecified atom stereocenters. The first-order valence-electron chi connectivity index (χ1n) is 8.66. The number of morpholine rings is 1. The van der Waals surface area contributed by atoms with E-state index in [1.54, 1.807) is 30.6 Å². The summed E-state index contributed by atoms with van der Waals surface area (Å²) in [6.07, 6.45) is 7.36. The van der Waals surface area contributed by atoms with Gasteiger partial charge in [-0.1, -0.05) is 6.07 Å². The number of carboxylic acids is 1. The van der Waals surface area contributed by atoms with Crippen LogP contribution in [0.1, 0.15) is 21.6 Å². The molecule has 0 amide bonds. The van der Waals surface area contributed by atoms with E-state index in [0.29, 0.717) is 19.2 Å². The number of benzene rings is 1. The van der Waals surface area contributed by atoms with E-state index < -0.39 is 5.97 Å². The first-order valence-corrected chi connectivity index (χ1v) is 8.66. The first kappa shape index (κ1) is 17.1. The molecular formula is C20H18N4O3. The quantitative estimate of drug-likeness (QED) is 0.763. The number of fused-ring (bicyclic) bond motifs is 1. The van der Waals surface area contributed by atoms with Crippen molar-refractivity contribution >= 4 is 35.0 Å². The van der Waals surface area contributed by atoms with Crippen molar-refractivity contribution in [3.8, 4) is 0 Å². The molecule has 136 valence electrons. The lowest BCUT2D eigenvalue weighted by Crippen LogP contribution is -2.37. The van der Waals surface area contributed by atoms with E-state index in [4.69, 9.17) is 9.84 Å². The maximum atomic E-state index is 11.0. The van der Waals surface area contributed by atoms with Crippen LogP contribution in [0.15, 0.2) is 42.7 Å². The van der Waals surface area contributed by atoms with Crippen LogP contribution in [0.25, 0.3) is 23.1 Å². The molecule has 0 spiro atoms. The van der Waals surface area contributed by atoms with Crippen LogP contribution in [0.4, 0.5) is 5.95 Å². The fraction of sp³-hybridized carbons (Fsp3) is 0.200. The summed E-state index contributed by atoms with van der Waals surface area (Å²) in [6.45, 7) is 3.01. The van der Waals surface area contributed by atoms with Gasteiger partial charge in [-0.15, -0.1) is 0 Å². The average Bonchev–Trinajstić information content (AvgIpc) is 2.72. The van der Waals surface area contributed by atoms with Gasteiger partial charge in [-0.3, -0.25) is 0 Å². The van der Waals surface area contributed by atoms with E-state index in [2.05, 4.69) is 19.9 Å². The van der Waals surface area contributed by atoms with Gasteiger partial charge in [-0.25, -0.2) is 19.7 Å². The summed E-state index contributed by atoms with van der Waals surface area (Å²) >= 11 is 0. The monoisotopic (exact) mass is 362 g/mol. The summed E-state index contributed by atoms with van der Waals surface area (Å²) in [7, 11) is 0. The number of hydrogen-bond acceptors (Lipinski definition) is 6. The van der Waals surface area contributed by atoms with Crippen molar-refractivity contribution in [1.29, 1.82) is 0 Å². The summed E-state index contributed by atoms with van der Waals surface area (Å²) in [4.78, 5) is 26.5. The Labute approximate surface area is 156 Å². The third kappa shape index (κ3) is 3.93. The van der Waals surface area contributed by atoms with Gasteiger partial charge in [0, 0.05) is 36.4 Å². The van der Waals surface area contributed by atoms with Crippen LogP contribution in [0.2, 0.25) is 0 Å². The predicted molar refractivity (Wildman–Crippen MR) is 103 cm³/mol. The van der Waals surface area contributed by atoms with Gasteiger partial charge in [0.2, 0.25) is 5.95 Å². The van der Waals surface area contributed by atoms with Gasteiger partial charge in [0.05, 0.1) is 30.0 Å². The summed E-state index contributed by atoms with van der Waals surface area (Å²) in [5, 5.41) is 9.86. The Morgan fingerprint density at radius 3 is 2.59 bits per heavy atom. The molecule has 1 N–H and O–H groups in total. The van der Waals surface area contributed by atoms with Crippen molar-refractivity contribution in [3.05, 3.63) is 59.5 Å². The Bertz CT molecular complexity index is 996. The SMILES string of the molecule is O=C(O)c1ccc2nc(/C=C/c3cnc(N4CCOCC4)nc3)ccc2c1. The van der Waals surface area contributed by atoms with Gasteiger partial charge in [0.25, 0.3) is 0 Å². The Hall–Kier alpha value is -3.32.